The lowest BCUT2D eigenvalue weighted by Gasteiger charge is -2.22. The van der Waals surface area contributed by atoms with Crippen molar-refractivity contribution in [2.24, 2.45) is 0 Å². The fourth-order valence-corrected chi connectivity index (χ4v) is 2.23. The number of benzene rings is 1. The Bertz CT molecular complexity index is 620. The molecule has 1 aromatic heterocycles. The van der Waals surface area contributed by atoms with Gasteiger partial charge in [-0.3, -0.25) is 4.98 Å². The molecule has 4 heteroatoms. The summed E-state index contributed by atoms with van der Waals surface area (Å²) < 4.78 is 6.88. The van der Waals surface area contributed by atoms with Gasteiger partial charge < -0.3 is 10.1 Å². The van der Waals surface area contributed by atoms with Crippen LogP contribution in [-0.4, -0.2) is 10.5 Å². The van der Waals surface area contributed by atoms with Crippen molar-refractivity contribution in [1.82, 2.24) is 10.3 Å². The van der Waals surface area contributed by atoms with Crippen molar-refractivity contribution in [2.75, 3.05) is 0 Å². The number of halogens is 1. The molecule has 0 unspecified atom stereocenters. The molecule has 0 radical (unpaired) electrons. The van der Waals surface area contributed by atoms with E-state index >= 15 is 0 Å². The molecule has 2 aromatic rings. The van der Waals surface area contributed by atoms with E-state index in [0.29, 0.717) is 0 Å². The highest BCUT2D eigenvalue weighted by Gasteiger charge is 2.12. The summed E-state index contributed by atoms with van der Waals surface area (Å²) in [5.41, 5.74) is 2.43. The van der Waals surface area contributed by atoms with E-state index in [1.807, 2.05) is 12.1 Å². The second-order valence-corrected chi connectivity index (χ2v) is 7.07. The van der Waals surface area contributed by atoms with Crippen molar-refractivity contribution in [1.29, 1.82) is 0 Å². The molecule has 21 heavy (non-hydrogen) atoms. The van der Waals surface area contributed by atoms with Crippen LogP contribution in [0, 0.1) is 6.92 Å². The number of aromatic nitrogens is 1. The minimum absolute atomic E-state index is 0.0678. The first-order chi connectivity index (χ1) is 9.83. The standard InChI is InChI=1S/C17H21BrN2O/c1-12-5-6-16(13(7-12)9-20-17(2,3)4)21-15-8-14(18)10-19-11-15/h5-8,10-11,20H,9H2,1-4H3. The Balaban J connectivity index is 2.22. The molecule has 0 spiro atoms. The van der Waals surface area contributed by atoms with Gasteiger partial charge in [-0.1, -0.05) is 17.7 Å². The van der Waals surface area contributed by atoms with Crippen molar-refractivity contribution < 1.29 is 4.74 Å². The molecule has 0 aliphatic carbocycles. The van der Waals surface area contributed by atoms with Crippen LogP contribution in [0.2, 0.25) is 0 Å². The molecule has 0 fully saturated rings. The molecule has 1 heterocycles. The van der Waals surface area contributed by atoms with Crippen molar-refractivity contribution in [3.63, 3.8) is 0 Å². The normalized spacial score (nSPS) is 11.5. The van der Waals surface area contributed by atoms with E-state index in [2.05, 4.69) is 66.1 Å². The van der Waals surface area contributed by atoms with Gasteiger partial charge >= 0.3 is 0 Å². The summed E-state index contributed by atoms with van der Waals surface area (Å²) in [5, 5.41) is 3.50. The molecular formula is C17H21BrN2O. The van der Waals surface area contributed by atoms with Crippen LogP contribution in [-0.2, 0) is 6.54 Å². The number of aryl methyl sites for hydroxylation is 1. The Kier molecular flexibility index (Phi) is 5.01. The van der Waals surface area contributed by atoms with Crippen molar-refractivity contribution in [2.45, 2.75) is 39.8 Å². The second-order valence-electron chi connectivity index (χ2n) is 6.16. The van der Waals surface area contributed by atoms with Gasteiger partial charge in [0.25, 0.3) is 0 Å². The Morgan fingerprint density at radius 2 is 1.95 bits per heavy atom. The Hall–Kier alpha value is -1.39. The van der Waals surface area contributed by atoms with E-state index in [9.17, 15) is 0 Å². The van der Waals surface area contributed by atoms with Crippen LogP contribution in [0.15, 0.2) is 41.1 Å². The topological polar surface area (TPSA) is 34.1 Å². The lowest BCUT2D eigenvalue weighted by atomic mass is 10.1. The molecule has 3 nitrogen and oxygen atoms in total. The lowest BCUT2D eigenvalue weighted by molar-refractivity contribution is 0.414. The van der Waals surface area contributed by atoms with Crippen molar-refractivity contribution in [3.05, 3.63) is 52.3 Å². The molecule has 0 saturated heterocycles. The summed E-state index contributed by atoms with van der Waals surface area (Å²) in [5.74, 6) is 1.59. The van der Waals surface area contributed by atoms with Gasteiger partial charge in [0.1, 0.15) is 11.5 Å². The molecule has 0 aliphatic heterocycles. The molecule has 1 N–H and O–H groups in total. The number of nitrogens with zero attached hydrogens (tertiary/aromatic N) is 1. The maximum absolute atomic E-state index is 5.98. The van der Waals surface area contributed by atoms with Gasteiger partial charge in [-0.2, -0.15) is 0 Å². The molecule has 0 saturated carbocycles. The van der Waals surface area contributed by atoms with E-state index < -0.39 is 0 Å². The molecular weight excluding hydrogens is 328 g/mol. The largest absolute Gasteiger partial charge is 0.455 e. The molecule has 0 bridgehead atoms. The summed E-state index contributed by atoms with van der Waals surface area (Å²) in [6.07, 6.45) is 3.45. The number of pyridine rings is 1. The lowest BCUT2D eigenvalue weighted by Crippen LogP contribution is -2.35. The third kappa shape index (κ3) is 5.14. The summed E-state index contributed by atoms with van der Waals surface area (Å²) >= 11 is 3.41. The quantitative estimate of drug-likeness (QED) is 0.858. The zero-order chi connectivity index (χ0) is 15.5. The van der Waals surface area contributed by atoms with Gasteiger partial charge in [0.05, 0.1) is 6.20 Å². The number of rotatable bonds is 4. The van der Waals surface area contributed by atoms with E-state index in [1.165, 1.54) is 5.56 Å². The fourth-order valence-electron chi connectivity index (χ4n) is 1.88. The highest BCUT2D eigenvalue weighted by molar-refractivity contribution is 9.10. The van der Waals surface area contributed by atoms with E-state index in [1.54, 1.807) is 12.4 Å². The summed E-state index contributed by atoms with van der Waals surface area (Å²) in [7, 11) is 0. The zero-order valence-electron chi connectivity index (χ0n) is 12.9. The highest BCUT2D eigenvalue weighted by atomic mass is 79.9. The van der Waals surface area contributed by atoms with Crippen LogP contribution >= 0.6 is 15.9 Å². The van der Waals surface area contributed by atoms with Gasteiger partial charge in [-0.15, -0.1) is 0 Å². The van der Waals surface area contributed by atoms with Crippen LogP contribution in [0.5, 0.6) is 11.5 Å². The maximum atomic E-state index is 5.98. The van der Waals surface area contributed by atoms with Crippen LogP contribution < -0.4 is 10.1 Å². The number of ether oxygens (including phenoxy) is 1. The summed E-state index contributed by atoms with van der Waals surface area (Å²) in [4.78, 5) is 4.13. The minimum Gasteiger partial charge on any atom is -0.455 e. The Labute approximate surface area is 134 Å². The average molecular weight is 349 g/mol. The molecule has 0 atom stereocenters. The fraction of sp³-hybridized carbons (Fsp3) is 0.353. The maximum Gasteiger partial charge on any atom is 0.146 e. The SMILES string of the molecule is Cc1ccc(Oc2cncc(Br)c2)c(CNC(C)(C)C)c1. The van der Waals surface area contributed by atoms with Gasteiger partial charge in [-0.25, -0.2) is 0 Å². The van der Waals surface area contributed by atoms with Crippen LogP contribution in [0.4, 0.5) is 0 Å². The van der Waals surface area contributed by atoms with E-state index in [4.69, 9.17) is 4.74 Å². The van der Waals surface area contributed by atoms with Crippen LogP contribution in [0.3, 0.4) is 0 Å². The first-order valence-corrected chi connectivity index (χ1v) is 7.76. The number of hydrogen-bond acceptors (Lipinski definition) is 3. The predicted molar refractivity (Wildman–Crippen MR) is 89.8 cm³/mol. The Morgan fingerprint density at radius 3 is 2.62 bits per heavy atom. The number of hydrogen-bond donors (Lipinski definition) is 1. The molecule has 1 aromatic carbocycles. The number of nitrogens with one attached hydrogen (secondary N) is 1. The monoisotopic (exact) mass is 348 g/mol. The first kappa shape index (κ1) is 16.0. The van der Waals surface area contributed by atoms with E-state index in [0.717, 1.165) is 28.1 Å². The van der Waals surface area contributed by atoms with Crippen LogP contribution in [0.1, 0.15) is 31.9 Å². The zero-order valence-corrected chi connectivity index (χ0v) is 14.5. The molecule has 0 aliphatic rings. The van der Waals surface area contributed by atoms with Crippen molar-refractivity contribution >= 4 is 15.9 Å². The minimum atomic E-state index is 0.0678. The average Bonchev–Trinajstić information content (AvgIpc) is 2.38. The third-order valence-electron chi connectivity index (χ3n) is 2.93. The van der Waals surface area contributed by atoms with Gasteiger partial charge in [0, 0.05) is 28.3 Å². The third-order valence-corrected chi connectivity index (χ3v) is 3.37. The first-order valence-electron chi connectivity index (χ1n) is 6.96. The Morgan fingerprint density at radius 1 is 1.19 bits per heavy atom. The van der Waals surface area contributed by atoms with Crippen molar-refractivity contribution in [3.8, 4) is 11.5 Å². The molecule has 112 valence electrons. The summed E-state index contributed by atoms with van der Waals surface area (Å²) in [6.45, 7) is 9.32. The predicted octanol–water partition coefficient (Wildman–Crippen LogP) is 4.83. The van der Waals surface area contributed by atoms with E-state index in [-0.39, 0.29) is 5.54 Å². The smallest absolute Gasteiger partial charge is 0.146 e. The van der Waals surface area contributed by atoms with Gasteiger partial charge in [0.2, 0.25) is 0 Å². The summed E-state index contributed by atoms with van der Waals surface area (Å²) in [6, 6.07) is 8.13. The van der Waals surface area contributed by atoms with Gasteiger partial charge in [-0.05, 0) is 55.8 Å². The highest BCUT2D eigenvalue weighted by Crippen LogP contribution is 2.27. The molecule has 2 rings (SSSR count). The van der Waals surface area contributed by atoms with Crippen LogP contribution in [0.25, 0.3) is 0 Å². The van der Waals surface area contributed by atoms with Gasteiger partial charge in [0.15, 0.2) is 0 Å². The second kappa shape index (κ2) is 6.58. The molecule has 0 amide bonds.